The molecule has 0 spiro atoms. The molecule has 130 valence electrons. The van der Waals surface area contributed by atoms with Gasteiger partial charge in [-0.3, -0.25) is 19.5 Å². The third kappa shape index (κ3) is 3.45. The van der Waals surface area contributed by atoms with Gasteiger partial charge in [-0.1, -0.05) is 0 Å². The minimum absolute atomic E-state index is 0.122. The van der Waals surface area contributed by atoms with Gasteiger partial charge < -0.3 is 4.74 Å². The van der Waals surface area contributed by atoms with Gasteiger partial charge in [-0.05, 0) is 36.5 Å². The van der Waals surface area contributed by atoms with Crippen LogP contribution in [0.15, 0.2) is 24.5 Å². The topological polar surface area (TPSA) is 54.9 Å². The number of nitrogens with zero attached hydrogens (tertiary/aromatic N) is 3. The number of fused-ring (bicyclic) bond motifs is 1. The Morgan fingerprint density at radius 2 is 2.12 bits per heavy atom. The molecule has 6 nitrogen and oxygen atoms in total. The highest BCUT2D eigenvalue weighted by Crippen LogP contribution is 2.36. The lowest BCUT2D eigenvalue weighted by molar-refractivity contribution is -0.198. The molecule has 0 saturated carbocycles. The van der Waals surface area contributed by atoms with Crippen molar-refractivity contribution in [3.8, 4) is 0 Å². The smallest absolute Gasteiger partial charge is 0.246 e. The van der Waals surface area contributed by atoms with E-state index in [2.05, 4.69) is 22.0 Å². The van der Waals surface area contributed by atoms with Gasteiger partial charge in [0, 0.05) is 50.9 Å². The number of hydrogen-bond donors (Lipinski definition) is 0. The molecule has 0 radical (unpaired) electrons. The number of hydrogen-bond acceptors (Lipinski definition) is 5. The fraction of sp³-hybridized carbons (Fsp3) is 0.667. The van der Waals surface area contributed by atoms with Gasteiger partial charge in [0.05, 0.1) is 19.3 Å². The first kappa shape index (κ1) is 16.0. The molecular formula is C18H25N3O3. The van der Waals surface area contributed by atoms with Crippen LogP contribution in [0.1, 0.15) is 24.8 Å². The number of ether oxygens (including phenoxy) is 1. The van der Waals surface area contributed by atoms with E-state index in [0.717, 1.165) is 39.0 Å². The van der Waals surface area contributed by atoms with Crippen LogP contribution in [-0.4, -0.2) is 59.8 Å². The Balaban J connectivity index is 1.32. The zero-order chi connectivity index (χ0) is 16.4. The lowest BCUT2D eigenvalue weighted by Gasteiger charge is -2.27. The Labute approximate surface area is 142 Å². The van der Waals surface area contributed by atoms with E-state index >= 15 is 0 Å². The average Bonchev–Trinajstić information content (AvgIpc) is 3.18. The van der Waals surface area contributed by atoms with Crippen LogP contribution < -0.4 is 0 Å². The van der Waals surface area contributed by atoms with E-state index in [-0.39, 0.29) is 12.0 Å². The highest BCUT2D eigenvalue weighted by atomic mass is 16.7. The van der Waals surface area contributed by atoms with Gasteiger partial charge >= 0.3 is 0 Å². The van der Waals surface area contributed by atoms with Crippen LogP contribution in [0.5, 0.6) is 0 Å². The van der Waals surface area contributed by atoms with Crippen molar-refractivity contribution in [2.45, 2.75) is 31.9 Å². The van der Waals surface area contributed by atoms with Crippen molar-refractivity contribution in [1.82, 2.24) is 14.9 Å². The van der Waals surface area contributed by atoms with E-state index in [1.165, 1.54) is 5.56 Å². The van der Waals surface area contributed by atoms with E-state index in [4.69, 9.17) is 9.57 Å². The maximum absolute atomic E-state index is 12.4. The molecule has 1 aromatic rings. The molecule has 24 heavy (non-hydrogen) atoms. The van der Waals surface area contributed by atoms with Crippen LogP contribution >= 0.6 is 0 Å². The van der Waals surface area contributed by atoms with Crippen LogP contribution in [-0.2, 0) is 20.9 Å². The van der Waals surface area contributed by atoms with Crippen molar-refractivity contribution in [1.29, 1.82) is 0 Å². The summed E-state index contributed by atoms with van der Waals surface area (Å²) in [5.41, 5.74) is 1.28. The molecule has 0 N–H and O–H groups in total. The molecule has 1 aromatic heterocycles. The lowest BCUT2D eigenvalue weighted by atomic mass is 9.90. The van der Waals surface area contributed by atoms with Crippen LogP contribution in [0.25, 0.3) is 0 Å². The maximum Gasteiger partial charge on any atom is 0.246 e. The summed E-state index contributed by atoms with van der Waals surface area (Å²) in [5, 5.41) is 1.57. The molecule has 6 heteroatoms. The largest absolute Gasteiger partial charge is 0.376 e. The van der Waals surface area contributed by atoms with E-state index in [0.29, 0.717) is 31.5 Å². The van der Waals surface area contributed by atoms with E-state index in [1.54, 1.807) is 5.06 Å². The summed E-state index contributed by atoms with van der Waals surface area (Å²) in [6.45, 7) is 4.99. The molecule has 3 saturated heterocycles. The minimum Gasteiger partial charge on any atom is -0.376 e. The Bertz CT molecular complexity index is 562. The minimum atomic E-state index is 0.122. The van der Waals surface area contributed by atoms with Crippen LogP contribution in [0.3, 0.4) is 0 Å². The van der Waals surface area contributed by atoms with Crippen molar-refractivity contribution in [3.05, 3.63) is 30.1 Å². The Hall–Kier alpha value is -1.50. The molecule has 3 aliphatic heterocycles. The average molecular weight is 331 g/mol. The highest BCUT2D eigenvalue weighted by Gasteiger charge is 2.44. The quantitative estimate of drug-likeness (QED) is 0.836. The van der Waals surface area contributed by atoms with E-state index in [1.807, 2.05) is 12.4 Å². The normalized spacial score (nSPS) is 30.5. The fourth-order valence-electron chi connectivity index (χ4n) is 4.09. The second-order valence-corrected chi connectivity index (χ2v) is 7.09. The summed E-state index contributed by atoms with van der Waals surface area (Å²) in [5.74, 6) is 0.896. The summed E-state index contributed by atoms with van der Waals surface area (Å²) in [4.78, 5) is 24.4. The molecule has 3 aliphatic rings. The zero-order valence-corrected chi connectivity index (χ0v) is 14.0. The number of hydroxylamine groups is 2. The number of amides is 1. The molecular weight excluding hydrogens is 306 g/mol. The third-order valence-electron chi connectivity index (χ3n) is 5.39. The van der Waals surface area contributed by atoms with Crippen molar-refractivity contribution in [2.24, 2.45) is 11.8 Å². The van der Waals surface area contributed by atoms with Gasteiger partial charge in [0.2, 0.25) is 5.91 Å². The SMILES string of the molecule is O=C(C[C@H]1CO[C@@H]2CN(Cc3ccncc3)C[C@H]12)N1CCCCO1. The first-order chi connectivity index (χ1) is 11.8. The van der Waals surface area contributed by atoms with Crippen molar-refractivity contribution in [2.75, 3.05) is 32.8 Å². The zero-order valence-electron chi connectivity index (χ0n) is 14.0. The molecule has 4 heterocycles. The van der Waals surface area contributed by atoms with E-state index in [9.17, 15) is 4.79 Å². The van der Waals surface area contributed by atoms with Gasteiger partial charge in [-0.15, -0.1) is 0 Å². The molecule has 3 atom stereocenters. The maximum atomic E-state index is 12.4. The Kier molecular flexibility index (Phi) is 4.78. The van der Waals surface area contributed by atoms with Crippen LogP contribution in [0, 0.1) is 11.8 Å². The summed E-state index contributed by atoms with van der Waals surface area (Å²) in [7, 11) is 0. The van der Waals surface area contributed by atoms with Gasteiger partial charge in [-0.25, -0.2) is 5.06 Å². The van der Waals surface area contributed by atoms with Gasteiger partial charge in [-0.2, -0.15) is 0 Å². The fourth-order valence-corrected chi connectivity index (χ4v) is 4.09. The van der Waals surface area contributed by atoms with Gasteiger partial charge in [0.1, 0.15) is 0 Å². The van der Waals surface area contributed by atoms with Crippen molar-refractivity contribution >= 4 is 5.91 Å². The van der Waals surface area contributed by atoms with Crippen molar-refractivity contribution < 1.29 is 14.4 Å². The first-order valence-electron chi connectivity index (χ1n) is 8.96. The first-order valence-corrected chi connectivity index (χ1v) is 8.96. The van der Waals surface area contributed by atoms with Crippen molar-refractivity contribution in [3.63, 3.8) is 0 Å². The van der Waals surface area contributed by atoms with Crippen LogP contribution in [0.2, 0.25) is 0 Å². The molecule has 0 aliphatic carbocycles. The second-order valence-electron chi connectivity index (χ2n) is 7.09. The summed E-state index contributed by atoms with van der Waals surface area (Å²) in [6.07, 6.45) is 6.58. The Morgan fingerprint density at radius 1 is 1.25 bits per heavy atom. The highest BCUT2D eigenvalue weighted by molar-refractivity contribution is 5.75. The third-order valence-corrected chi connectivity index (χ3v) is 5.39. The predicted octanol–water partition coefficient (Wildman–Crippen LogP) is 1.47. The van der Waals surface area contributed by atoms with Crippen LogP contribution in [0.4, 0.5) is 0 Å². The predicted molar refractivity (Wildman–Crippen MR) is 87.8 cm³/mol. The monoisotopic (exact) mass is 331 g/mol. The summed E-state index contributed by atoms with van der Waals surface area (Å²) in [6, 6.07) is 4.12. The second kappa shape index (κ2) is 7.17. The molecule has 3 fully saturated rings. The molecule has 0 bridgehead atoms. The number of likely N-dealkylation sites (tertiary alicyclic amines) is 1. The standard InChI is InChI=1S/C18H25N3O3/c22-18(21-7-1-2-8-24-21)9-15-13-23-17-12-20(11-16(15)17)10-14-3-5-19-6-4-14/h3-6,15-17H,1-2,7-13H2/t15-,16+,17+/m0/s1. The van der Waals surface area contributed by atoms with Gasteiger partial charge in [0.25, 0.3) is 0 Å². The molecule has 1 amide bonds. The number of pyridine rings is 1. The Morgan fingerprint density at radius 3 is 2.92 bits per heavy atom. The summed E-state index contributed by atoms with van der Waals surface area (Å²) < 4.78 is 5.98. The lowest BCUT2D eigenvalue weighted by Crippen LogP contribution is -2.37. The molecule has 0 unspecified atom stereocenters. The molecule has 0 aromatic carbocycles. The molecule has 4 rings (SSSR count). The van der Waals surface area contributed by atoms with Gasteiger partial charge in [0.15, 0.2) is 0 Å². The number of aromatic nitrogens is 1. The summed E-state index contributed by atoms with van der Waals surface area (Å²) >= 11 is 0. The number of rotatable bonds is 4. The van der Waals surface area contributed by atoms with E-state index < -0.39 is 0 Å². The number of carbonyl (C=O) groups is 1. The number of carbonyl (C=O) groups excluding carboxylic acids is 1.